The van der Waals surface area contributed by atoms with Crippen LogP contribution >= 0.6 is 12.8 Å². The summed E-state index contributed by atoms with van der Waals surface area (Å²) in [7, 11) is 0. The van der Waals surface area contributed by atoms with Crippen LogP contribution in [-0.4, -0.2) is 23.7 Å². The number of nitrogens with one attached hydrogen (secondary N) is 2. The SMILES string of the molecule is CC(OC(C)(C)C)C(NC(=C1CC1)c1ccc(C#Cc2ccc(N=O)cc2)cc1)C(=O)NS. The second-order valence-corrected chi connectivity index (χ2v) is 9.20. The van der Waals surface area contributed by atoms with Gasteiger partial charge in [-0.3, -0.25) is 4.79 Å². The van der Waals surface area contributed by atoms with E-state index in [-0.39, 0.29) is 17.6 Å². The van der Waals surface area contributed by atoms with E-state index in [4.69, 9.17) is 4.74 Å². The van der Waals surface area contributed by atoms with Crippen LogP contribution in [0.1, 0.15) is 57.2 Å². The summed E-state index contributed by atoms with van der Waals surface area (Å²) in [5, 5.41) is 6.31. The van der Waals surface area contributed by atoms with Gasteiger partial charge in [0.15, 0.2) is 0 Å². The third-order valence-electron chi connectivity index (χ3n) is 5.05. The van der Waals surface area contributed by atoms with Gasteiger partial charge in [-0.05, 0) is 93.2 Å². The Bertz CT molecular complexity index is 1080. The number of nitrogens with zero attached hydrogens (tertiary/aromatic N) is 1. The zero-order chi connectivity index (χ0) is 24.0. The number of benzene rings is 2. The van der Waals surface area contributed by atoms with Gasteiger partial charge in [-0.1, -0.05) is 36.8 Å². The lowest BCUT2D eigenvalue weighted by molar-refractivity contribution is -0.128. The van der Waals surface area contributed by atoms with Gasteiger partial charge in [-0.15, -0.1) is 4.91 Å². The lowest BCUT2D eigenvalue weighted by Gasteiger charge is -2.31. The van der Waals surface area contributed by atoms with E-state index in [1.54, 1.807) is 24.3 Å². The second kappa shape index (κ2) is 10.7. The highest BCUT2D eigenvalue weighted by Crippen LogP contribution is 2.35. The topological polar surface area (TPSA) is 79.8 Å². The number of ether oxygens (including phenoxy) is 1. The maximum atomic E-state index is 12.6. The molecule has 6 nitrogen and oxygen atoms in total. The maximum Gasteiger partial charge on any atom is 0.254 e. The number of carbonyl (C=O) groups excluding carboxylic acids is 1. The largest absolute Gasteiger partial charge is 0.371 e. The molecule has 1 saturated carbocycles. The smallest absolute Gasteiger partial charge is 0.254 e. The molecule has 0 spiro atoms. The summed E-state index contributed by atoms with van der Waals surface area (Å²) in [5.74, 6) is 5.98. The normalized spacial score (nSPS) is 14.4. The molecule has 1 aliphatic carbocycles. The van der Waals surface area contributed by atoms with Crippen molar-refractivity contribution in [1.82, 2.24) is 10.0 Å². The van der Waals surface area contributed by atoms with Crippen molar-refractivity contribution in [3.05, 3.63) is 75.7 Å². The first-order chi connectivity index (χ1) is 15.7. The number of hydrogen-bond donors (Lipinski definition) is 3. The Kier molecular flexibility index (Phi) is 7.96. The number of allylic oxidation sites excluding steroid dienone is 1. The first kappa shape index (κ1) is 24.6. The van der Waals surface area contributed by atoms with Gasteiger partial charge in [0, 0.05) is 16.8 Å². The number of amides is 1. The van der Waals surface area contributed by atoms with Crippen molar-refractivity contribution in [1.29, 1.82) is 0 Å². The van der Waals surface area contributed by atoms with Crippen LogP contribution in [0.15, 0.2) is 59.3 Å². The zero-order valence-electron chi connectivity index (χ0n) is 19.3. The number of nitroso groups, excluding NO2 is 1. The fourth-order valence-corrected chi connectivity index (χ4v) is 3.56. The molecule has 33 heavy (non-hydrogen) atoms. The van der Waals surface area contributed by atoms with E-state index in [1.165, 1.54) is 5.57 Å². The predicted molar refractivity (Wildman–Crippen MR) is 135 cm³/mol. The van der Waals surface area contributed by atoms with Crippen molar-refractivity contribution in [2.45, 2.75) is 58.3 Å². The molecule has 1 aliphatic rings. The minimum atomic E-state index is -0.590. The molecule has 0 aliphatic heterocycles. The molecule has 0 heterocycles. The fraction of sp³-hybridized carbons (Fsp3) is 0.346. The summed E-state index contributed by atoms with van der Waals surface area (Å²) < 4.78 is 8.49. The Morgan fingerprint density at radius 3 is 2.03 bits per heavy atom. The number of hydrogen-bond acceptors (Lipinski definition) is 6. The lowest BCUT2D eigenvalue weighted by atomic mass is 10.0. The Labute approximate surface area is 200 Å². The highest BCUT2D eigenvalue weighted by atomic mass is 32.1. The minimum Gasteiger partial charge on any atom is -0.371 e. The Morgan fingerprint density at radius 2 is 1.58 bits per heavy atom. The van der Waals surface area contributed by atoms with Crippen LogP contribution in [0.4, 0.5) is 5.69 Å². The molecule has 2 N–H and O–H groups in total. The summed E-state index contributed by atoms with van der Waals surface area (Å²) in [6, 6.07) is 14.1. The molecule has 0 bridgehead atoms. The van der Waals surface area contributed by atoms with Crippen molar-refractivity contribution in [2.75, 3.05) is 0 Å². The molecule has 0 radical (unpaired) electrons. The Hall–Kier alpha value is -3.08. The van der Waals surface area contributed by atoms with Crippen LogP contribution in [0.5, 0.6) is 0 Å². The summed E-state index contributed by atoms with van der Waals surface area (Å²) in [6.07, 6.45) is 1.64. The van der Waals surface area contributed by atoms with E-state index in [0.29, 0.717) is 5.69 Å². The van der Waals surface area contributed by atoms with Gasteiger partial charge in [-0.2, -0.15) is 0 Å². The molecule has 2 aromatic rings. The van der Waals surface area contributed by atoms with Gasteiger partial charge in [0.05, 0.1) is 11.7 Å². The highest BCUT2D eigenvalue weighted by molar-refractivity contribution is 7.78. The molecule has 1 fully saturated rings. The summed E-state index contributed by atoms with van der Waals surface area (Å²) in [5.41, 5.74) is 4.90. The van der Waals surface area contributed by atoms with Crippen LogP contribution in [0, 0.1) is 16.7 Å². The van der Waals surface area contributed by atoms with Crippen molar-refractivity contribution < 1.29 is 9.53 Å². The molecule has 0 saturated heterocycles. The molecule has 2 aromatic carbocycles. The van der Waals surface area contributed by atoms with Crippen LogP contribution < -0.4 is 10.0 Å². The van der Waals surface area contributed by atoms with Crippen molar-refractivity contribution in [2.24, 2.45) is 5.18 Å². The average molecular weight is 464 g/mol. The Morgan fingerprint density at radius 1 is 1.03 bits per heavy atom. The van der Waals surface area contributed by atoms with Crippen molar-refractivity contribution in [3.8, 4) is 11.8 Å². The van der Waals surface area contributed by atoms with E-state index >= 15 is 0 Å². The molecule has 1 amide bonds. The highest BCUT2D eigenvalue weighted by Gasteiger charge is 2.31. The zero-order valence-corrected chi connectivity index (χ0v) is 20.2. The number of rotatable bonds is 7. The molecule has 2 unspecified atom stereocenters. The maximum absolute atomic E-state index is 12.6. The third-order valence-corrected chi connectivity index (χ3v) is 5.27. The van der Waals surface area contributed by atoms with Crippen LogP contribution in [-0.2, 0) is 9.53 Å². The number of thiol groups is 1. The van der Waals surface area contributed by atoms with Crippen LogP contribution in [0.3, 0.4) is 0 Å². The van der Waals surface area contributed by atoms with E-state index in [2.05, 4.69) is 39.9 Å². The fourth-order valence-electron chi connectivity index (χ4n) is 3.42. The third kappa shape index (κ3) is 7.21. The number of carbonyl (C=O) groups is 1. The molecule has 3 rings (SSSR count). The Balaban J connectivity index is 1.78. The first-order valence-electron chi connectivity index (χ1n) is 10.9. The van der Waals surface area contributed by atoms with E-state index < -0.39 is 6.04 Å². The van der Waals surface area contributed by atoms with Crippen LogP contribution in [0.25, 0.3) is 5.70 Å². The molecule has 172 valence electrons. The molecule has 0 aromatic heterocycles. The van der Waals surface area contributed by atoms with Gasteiger partial charge in [0.1, 0.15) is 11.7 Å². The molecular weight excluding hydrogens is 434 g/mol. The molecular formula is C26H29N3O3S. The van der Waals surface area contributed by atoms with Crippen molar-refractivity contribution >= 4 is 30.1 Å². The van der Waals surface area contributed by atoms with Gasteiger partial charge >= 0.3 is 0 Å². The van der Waals surface area contributed by atoms with Gasteiger partial charge in [-0.25, -0.2) is 0 Å². The van der Waals surface area contributed by atoms with E-state index in [9.17, 15) is 9.70 Å². The van der Waals surface area contributed by atoms with Gasteiger partial charge < -0.3 is 14.8 Å². The minimum absolute atomic E-state index is 0.243. The predicted octanol–water partition coefficient (Wildman–Crippen LogP) is 5.11. The average Bonchev–Trinajstić information content (AvgIpc) is 3.63. The molecule has 7 heteroatoms. The standard InChI is InChI=1S/C26H29N3O3S/c1-17(32-26(2,3)4)23(25(30)29-33)27-24(21-13-14-21)20-11-7-18(8-12-20)5-6-19-9-15-22(28-31)16-10-19/h7-12,15-17,23,27,33H,13-14H2,1-4H3,(H,29,30). The van der Waals surface area contributed by atoms with Gasteiger partial charge in [0.2, 0.25) is 0 Å². The monoisotopic (exact) mass is 463 g/mol. The quantitative estimate of drug-likeness (QED) is 0.303. The van der Waals surface area contributed by atoms with Crippen molar-refractivity contribution in [3.63, 3.8) is 0 Å². The van der Waals surface area contributed by atoms with E-state index in [1.807, 2.05) is 52.0 Å². The summed E-state index contributed by atoms with van der Waals surface area (Å²) in [4.78, 5) is 23.1. The molecule has 2 atom stereocenters. The first-order valence-corrected chi connectivity index (χ1v) is 11.3. The van der Waals surface area contributed by atoms with Gasteiger partial charge in [0.25, 0.3) is 5.91 Å². The van der Waals surface area contributed by atoms with Crippen LogP contribution in [0.2, 0.25) is 0 Å². The second-order valence-electron chi connectivity index (χ2n) is 8.98. The summed E-state index contributed by atoms with van der Waals surface area (Å²) in [6.45, 7) is 7.78. The summed E-state index contributed by atoms with van der Waals surface area (Å²) >= 11 is 3.97. The lowest BCUT2D eigenvalue weighted by Crippen LogP contribution is -2.50. The van der Waals surface area contributed by atoms with E-state index in [0.717, 1.165) is 35.2 Å².